The van der Waals surface area contributed by atoms with Crippen LogP contribution in [0.3, 0.4) is 0 Å². The number of aromatic nitrogens is 2. The number of carboxylic acids is 1. The van der Waals surface area contributed by atoms with Gasteiger partial charge in [-0.05, 0) is 73.9 Å². The highest BCUT2D eigenvalue weighted by Crippen LogP contribution is 2.66. The second kappa shape index (κ2) is 19.0. The topological polar surface area (TPSA) is 355 Å². The van der Waals surface area contributed by atoms with E-state index in [-0.39, 0.29) is 29.1 Å². The summed E-state index contributed by atoms with van der Waals surface area (Å²) >= 11 is 0. The van der Waals surface area contributed by atoms with Crippen LogP contribution in [0.15, 0.2) is 41.3 Å². The van der Waals surface area contributed by atoms with Crippen LogP contribution in [0.2, 0.25) is 0 Å². The maximum atomic E-state index is 14.0. The van der Waals surface area contributed by atoms with Gasteiger partial charge in [0.1, 0.15) is 48.7 Å². The number of nitrogen functional groups attached to an aromatic ring is 1. The average Bonchev–Trinajstić information content (AvgIpc) is 3.60. The first-order valence-electron chi connectivity index (χ1n) is 22.9. The number of benzene rings is 3. The molecule has 6 aliphatic rings. The number of fused-ring (bicyclic) bond motifs is 4. The van der Waals surface area contributed by atoms with Crippen molar-refractivity contribution in [2.24, 2.45) is 0 Å². The third kappa shape index (κ3) is 9.58. The van der Waals surface area contributed by atoms with Crippen LogP contribution in [0.1, 0.15) is 91.6 Å². The van der Waals surface area contributed by atoms with Gasteiger partial charge in [-0.25, -0.2) is 23.1 Å². The monoisotopic (exact) mass is 1050 g/mol. The van der Waals surface area contributed by atoms with Crippen LogP contribution in [0.4, 0.5) is 11.5 Å². The highest BCUT2D eigenvalue weighted by Gasteiger charge is 2.47. The zero-order valence-electron chi connectivity index (χ0n) is 38.0. The van der Waals surface area contributed by atoms with E-state index in [1.807, 2.05) is 0 Å². The lowest BCUT2D eigenvalue weighted by Gasteiger charge is -2.39. The molecule has 2 unspecified atom stereocenters. The number of carbonyl (C=O) groups is 2. The lowest BCUT2D eigenvalue weighted by Crippen LogP contribution is -2.45. The summed E-state index contributed by atoms with van der Waals surface area (Å²) in [7, 11) is -17.2. The van der Waals surface area contributed by atoms with E-state index in [0.717, 1.165) is 106 Å². The number of carboxylic acid groups (broad SMARTS) is 1. The standard InChI is InChI=1S/C45H47N6O18P3/c46-41-26(21-51(45(57)48-41)43-38(53)37(52)33(66-43)22-65-71(61,62)69-72(63,64)68-70(58,59)60)6-1-13-47-42(54)25-11-12-27(44(55)56)30(20-25)34-31-18-23-7-2-14-49-16-4-9-28(35(23)49)39(31)67-40-29-10-5-17-50-15-3-8-24(36(29)50)19-32(34)40/h11-12,18-21,33,37-38,43,52-53H,2-5,7-10,13-17,22H2,(H7-,46,47,48,54,55,56,57,58,59,60,61,62,63,64)/t33-,37-,38-,43-/m1/s1. The van der Waals surface area contributed by atoms with Crippen molar-refractivity contribution in [2.75, 3.05) is 50.0 Å². The lowest BCUT2D eigenvalue weighted by molar-refractivity contribution is -0.255. The van der Waals surface area contributed by atoms with Crippen molar-refractivity contribution in [1.29, 1.82) is 0 Å². The number of aliphatic hydroxyl groups is 2. The van der Waals surface area contributed by atoms with Crippen molar-refractivity contribution in [3.63, 3.8) is 0 Å². The van der Waals surface area contributed by atoms with Gasteiger partial charge in [0.25, 0.3) is 5.91 Å². The third-order valence-electron chi connectivity index (χ3n) is 13.4. The summed E-state index contributed by atoms with van der Waals surface area (Å²) in [5, 5.41) is 39.1. The lowest BCUT2D eigenvalue weighted by atomic mass is 9.81. The molecule has 9 N–H and O–H groups in total. The van der Waals surface area contributed by atoms with Gasteiger partial charge in [0.2, 0.25) is 5.36 Å². The summed E-state index contributed by atoms with van der Waals surface area (Å²) in [6.45, 7) is 2.34. The summed E-state index contributed by atoms with van der Waals surface area (Å²) in [6.07, 6.45) is 0.832. The van der Waals surface area contributed by atoms with Crippen LogP contribution < -0.4 is 46.6 Å². The molecule has 1 fully saturated rings. The molecule has 27 heteroatoms. The number of amides is 1. The van der Waals surface area contributed by atoms with E-state index in [1.165, 1.54) is 34.3 Å². The quantitative estimate of drug-likeness (QED) is 0.0438. The van der Waals surface area contributed by atoms with Gasteiger partial charge in [-0.3, -0.25) is 13.9 Å². The van der Waals surface area contributed by atoms with Crippen molar-refractivity contribution >= 4 is 52.4 Å². The van der Waals surface area contributed by atoms with Crippen molar-refractivity contribution in [2.45, 2.75) is 75.9 Å². The molecule has 0 spiro atoms. The molecular formula is C45H47N6O18P3. The Morgan fingerprint density at radius 1 is 0.903 bits per heavy atom. The first-order chi connectivity index (χ1) is 34.2. The predicted octanol–water partition coefficient (Wildman–Crippen LogP) is -0.632. The Bertz CT molecular complexity index is 3400. The summed E-state index contributed by atoms with van der Waals surface area (Å²) in [5.74, 6) is 4.41. The number of aromatic carboxylic acids is 1. The second-order valence-corrected chi connectivity index (χ2v) is 22.5. The second-order valence-electron chi connectivity index (χ2n) is 18.0. The molecule has 7 heterocycles. The molecule has 3 aromatic carbocycles. The maximum absolute atomic E-state index is 14.0. The smallest absolute Gasteiger partial charge is 0.490 e. The molecule has 380 valence electrons. The number of nitrogens with two attached hydrogens (primary N) is 1. The number of nitrogens with zero attached hydrogens (tertiary/aromatic N) is 4. The SMILES string of the molecule is Nc1nc(=O)n([C@@H]2O[C@H](COP(=O)(O)OP(=O)(O)OP(=O)(O)O)[C@@H](O)[C@H]2O)cc1C#CCNC(=O)c1ccc(C(=O)[O-])c(C2=c3cc4c5c(c3Oc3c2cc2c6c3CCCN6CCC2)CCC[N+]=5CCC4)c1. The fourth-order valence-electron chi connectivity index (χ4n) is 10.6. The Labute approximate surface area is 408 Å². The van der Waals surface area contributed by atoms with E-state index in [0.29, 0.717) is 27.2 Å². The van der Waals surface area contributed by atoms with Crippen LogP contribution >= 0.6 is 23.5 Å². The van der Waals surface area contributed by atoms with Crippen molar-refractivity contribution in [3.8, 4) is 23.3 Å². The van der Waals surface area contributed by atoms with E-state index in [2.05, 4.69) is 56.9 Å². The number of hydrogen-bond donors (Lipinski definition) is 8. The number of anilines is 2. The molecule has 24 nitrogen and oxygen atoms in total. The Hall–Kier alpha value is -5.60. The fraction of sp³-hybridized carbons (Fsp3) is 0.400. The molecular weight excluding hydrogens is 1010 g/mol. The molecule has 1 aromatic heterocycles. The molecule has 1 amide bonds. The number of hydrogen-bond acceptors (Lipinski definition) is 17. The van der Waals surface area contributed by atoms with Gasteiger partial charge >= 0.3 is 29.2 Å². The zero-order valence-corrected chi connectivity index (χ0v) is 40.6. The summed E-state index contributed by atoms with van der Waals surface area (Å²) in [4.78, 5) is 82.8. The molecule has 6 atom stereocenters. The van der Waals surface area contributed by atoms with E-state index >= 15 is 0 Å². The molecule has 72 heavy (non-hydrogen) atoms. The van der Waals surface area contributed by atoms with E-state index in [4.69, 9.17) is 25.0 Å². The summed E-state index contributed by atoms with van der Waals surface area (Å²) in [5.41, 5.74) is 12.2. The molecule has 10 rings (SSSR count). The number of nitrogens with one attached hydrogen (secondary N) is 1. The van der Waals surface area contributed by atoms with Crippen LogP contribution in [-0.2, 0) is 57.3 Å². The summed E-state index contributed by atoms with van der Waals surface area (Å²) in [6, 6.07) is 8.55. The normalized spacial score (nSPS) is 22.4. The highest BCUT2D eigenvalue weighted by molar-refractivity contribution is 7.66. The van der Waals surface area contributed by atoms with Crippen LogP contribution in [0.5, 0.6) is 11.5 Å². The number of phosphoric ester groups is 1. The molecule has 6 aliphatic heterocycles. The average molecular weight is 1050 g/mol. The molecule has 0 bridgehead atoms. The van der Waals surface area contributed by atoms with Crippen molar-refractivity contribution in [1.82, 2.24) is 19.4 Å². The van der Waals surface area contributed by atoms with Gasteiger partial charge in [0.15, 0.2) is 6.23 Å². The van der Waals surface area contributed by atoms with Crippen LogP contribution in [0.25, 0.3) is 5.57 Å². The first kappa shape index (κ1) is 50.0. The highest BCUT2D eigenvalue weighted by atomic mass is 31.3. The zero-order chi connectivity index (χ0) is 51.0. The van der Waals surface area contributed by atoms with Gasteiger partial charge in [0.05, 0.1) is 30.2 Å². The van der Waals surface area contributed by atoms with E-state index < -0.39 is 72.2 Å². The molecule has 4 aromatic rings. The molecule has 0 saturated carbocycles. The summed E-state index contributed by atoms with van der Waals surface area (Å²) < 4.78 is 62.4. The third-order valence-corrected chi connectivity index (χ3v) is 17.2. The maximum Gasteiger partial charge on any atom is 0.490 e. The minimum Gasteiger partial charge on any atom is -0.545 e. The minimum atomic E-state index is -5.86. The number of aryl methyl sites for hydroxylation is 2. The molecule has 0 aliphatic carbocycles. The largest absolute Gasteiger partial charge is 0.545 e. The molecule has 1 saturated heterocycles. The number of rotatable bonds is 12. The van der Waals surface area contributed by atoms with Crippen molar-refractivity contribution in [3.05, 3.63) is 108 Å². The van der Waals surface area contributed by atoms with Gasteiger partial charge in [-0.15, -0.1) is 0 Å². The fourth-order valence-corrected chi connectivity index (χ4v) is 13.6. The predicted molar refractivity (Wildman–Crippen MR) is 249 cm³/mol. The number of phosphoric acid groups is 3. The first-order valence-corrected chi connectivity index (χ1v) is 27.4. The van der Waals surface area contributed by atoms with Gasteiger partial charge in [-0.1, -0.05) is 17.9 Å². The van der Waals surface area contributed by atoms with Gasteiger partial charge in [0, 0.05) is 76.4 Å². The minimum absolute atomic E-state index is 0.103. The van der Waals surface area contributed by atoms with Crippen LogP contribution in [0, 0.1) is 11.8 Å². The number of carbonyl (C=O) groups excluding carboxylic acids is 2. The number of aliphatic hydroxyl groups excluding tert-OH is 2. The van der Waals surface area contributed by atoms with Crippen molar-refractivity contribution < 1.29 is 80.8 Å². The van der Waals surface area contributed by atoms with Gasteiger partial charge in [-0.2, -0.15) is 13.6 Å². The van der Waals surface area contributed by atoms with Gasteiger partial charge < -0.3 is 65.1 Å². The molecule has 0 radical (unpaired) electrons. The Balaban J connectivity index is 0.927. The van der Waals surface area contributed by atoms with E-state index in [1.54, 1.807) is 6.07 Å². The Morgan fingerprint density at radius 2 is 1.62 bits per heavy atom. The number of ether oxygens (including phenoxy) is 2. The Morgan fingerprint density at radius 3 is 2.38 bits per heavy atom. The Kier molecular flexibility index (Phi) is 13.2. The van der Waals surface area contributed by atoms with E-state index in [9.17, 15) is 53.2 Å². The van der Waals surface area contributed by atoms with Crippen LogP contribution in [-0.4, -0.2) is 109 Å².